The van der Waals surface area contributed by atoms with Crippen molar-refractivity contribution in [1.29, 1.82) is 0 Å². The molecule has 2 amide bonds. The Hall–Kier alpha value is -3.09. The number of carbonyl (C=O) groups excluding carboxylic acids is 2. The van der Waals surface area contributed by atoms with E-state index in [2.05, 4.69) is 5.32 Å². The number of hydrogen-bond donors (Lipinski definition) is 1. The maximum atomic E-state index is 13.4. The molecule has 0 atom stereocenters. The van der Waals surface area contributed by atoms with E-state index in [1.165, 1.54) is 16.2 Å². The Morgan fingerprint density at radius 2 is 1.83 bits per heavy atom. The number of hydrogen-bond acceptors (Lipinski definition) is 5. The van der Waals surface area contributed by atoms with Crippen LogP contribution in [-0.2, 0) is 9.59 Å². The normalized spacial score (nSPS) is 13.9. The molecule has 4 rings (SSSR count). The Bertz CT molecular complexity index is 1140. The topological polar surface area (TPSA) is 58.6 Å². The minimum absolute atomic E-state index is 0.238. The van der Waals surface area contributed by atoms with E-state index in [1.54, 1.807) is 36.4 Å². The fourth-order valence-electron chi connectivity index (χ4n) is 3.25. The van der Waals surface area contributed by atoms with Crippen LogP contribution in [0, 0.1) is 6.92 Å². The summed E-state index contributed by atoms with van der Waals surface area (Å²) in [6.07, 6.45) is 0. The molecular weight excluding hydrogens is 420 g/mol. The van der Waals surface area contributed by atoms with Crippen LogP contribution in [-0.4, -0.2) is 18.4 Å². The average molecular weight is 439 g/mol. The van der Waals surface area contributed by atoms with Crippen LogP contribution in [0.1, 0.15) is 17.4 Å². The minimum Gasteiger partial charge on any atom is -0.494 e. The highest BCUT2D eigenvalue weighted by atomic mass is 35.5. The Kier molecular flexibility index (Phi) is 5.61. The number of imide groups is 1. The number of halogens is 1. The largest absolute Gasteiger partial charge is 0.494 e. The van der Waals surface area contributed by atoms with Crippen LogP contribution in [0.3, 0.4) is 0 Å². The van der Waals surface area contributed by atoms with E-state index in [1.807, 2.05) is 37.4 Å². The molecule has 2 heterocycles. The van der Waals surface area contributed by atoms with Crippen molar-refractivity contribution >= 4 is 51.7 Å². The Morgan fingerprint density at radius 3 is 2.50 bits per heavy atom. The first-order chi connectivity index (χ1) is 14.5. The first-order valence-corrected chi connectivity index (χ1v) is 10.7. The van der Waals surface area contributed by atoms with Gasteiger partial charge in [0, 0.05) is 15.6 Å². The molecule has 0 saturated heterocycles. The third kappa shape index (κ3) is 3.72. The molecular formula is C23H19ClN2O3S. The molecule has 2 aromatic carbocycles. The Labute approximate surface area is 183 Å². The molecule has 0 spiro atoms. The van der Waals surface area contributed by atoms with Crippen LogP contribution in [0.15, 0.2) is 65.7 Å². The quantitative estimate of drug-likeness (QED) is 0.516. The van der Waals surface area contributed by atoms with Crippen molar-refractivity contribution in [3.8, 4) is 5.75 Å². The Balaban J connectivity index is 1.76. The standard InChI is InChI=1S/C23H19ClN2O3S/c1-3-29-17-10-8-16(9-11-17)26-22(27)20(19-5-4-12-30-19)21(23(26)28)25-18-13-15(24)7-6-14(18)2/h4-13,25H,3H2,1-2H3. The zero-order chi connectivity index (χ0) is 21.3. The molecule has 1 aromatic heterocycles. The fraction of sp³-hybridized carbons (Fsp3) is 0.130. The molecule has 152 valence electrons. The lowest BCUT2D eigenvalue weighted by molar-refractivity contribution is -0.120. The number of aryl methyl sites for hydroxylation is 1. The van der Waals surface area contributed by atoms with E-state index in [0.29, 0.717) is 34.3 Å². The van der Waals surface area contributed by atoms with Crippen LogP contribution in [0.25, 0.3) is 5.57 Å². The van der Waals surface area contributed by atoms with E-state index >= 15 is 0 Å². The van der Waals surface area contributed by atoms with Crippen molar-refractivity contribution in [2.24, 2.45) is 0 Å². The molecule has 0 bridgehead atoms. The van der Waals surface area contributed by atoms with Gasteiger partial charge < -0.3 is 10.1 Å². The van der Waals surface area contributed by atoms with Gasteiger partial charge in [-0.25, -0.2) is 4.90 Å². The highest BCUT2D eigenvalue weighted by molar-refractivity contribution is 7.11. The number of anilines is 2. The van der Waals surface area contributed by atoms with Crippen molar-refractivity contribution in [2.75, 3.05) is 16.8 Å². The summed E-state index contributed by atoms with van der Waals surface area (Å²) in [5.74, 6) is -0.0968. The second kappa shape index (κ2) is 8.34. The van der Waals surface area contributed by atoms with Crippen molar-refractivity contribution < 1.29 is 14.3 Å². The van der Waals surface area contributed by atoms with E-state index in [9.17, 15) is 9.59 Å². The van der Waals surface area contributed by atoms with Gasteiger partial charge in [0.05, 0.1) is 17.9 Å². The lowest BCUT2D eigenvalue weighted by Crippen LogP contribution is -2.32. The smallest absolute Gasteiger partial charge is 0.282 e. The highest BCUT2D eigenvalue weighted by Crippen LogP contribution is 2.36. The minimum atomic E-state index is -0.410. The third-order valence-electron chi connectivity index (χ3n) is 4.72. The Morgan fingerprint density at radius 1 is 1.07 bits per heavy atom. The maximum absolute atomic E-state index is 13.4. The van der Waals surface area contributed by atoms with E-state index in [-0.39, 0.29) is 11.6 Å². The lowest BCUT2D eigenvalue weighted by Gasteiger charge is -2.16. The summed E-state index contributed by atoms with van der Waals surface area (Å²) in [6.45, 7) is 4.35. The van der Waals surface area contributed by atoms with Gasteiger partial charge in [-0.05, 0) is 67.3 Å². The van der Waals surface area contributed by atoms with Gasteiger partial charge in [-0.15, -0.1) is 11.3 Å². The van der Waals surface area contributed by atoms with Gasteiger partial charge in [0.2, 0.25) is 0 Å². The number of nitrogens with zero attached hydrogens (tertiary/aromatic N) is 1. The molecule has 0 fully saturated rings. The van der Waals surface area contributed by atoms with Gasteiger partial charge in [-0.3, -0.25) is 9.59 Å². The van der Waals surface area contributed by atoms with Gasteiger partial charge in [-0.1, -0.05) is 23.7 Å². The summed E-state index contributed by atoms with van der Waals surface area (Å²) >= 11 is 7.55. The summed E-state index contributed by atoms with van der Waals surface area (Å²) < 4.78 is 5.46. The van der Waals surface area contributed by atoms with Crippen LogP contribution < -0.4 is 15.0 Å². The second-order valence-electron chi connectivity index (χ2n) is 6.68. The third-order valence-corrected chi connectivity index (χ3v) is 5.84. The summed E-state index contributed by atoms with van der Waals surface area (Å²) in [7, 11) is 0. The molecule has 5 nitrogen and oxygen atoms in total. The summed E-state index contributed by atoms with van der Waals surface area (Å²) in [4.78, 5) is 28.6. The summed E-state index contributed by atoms with van der Waals surface area (Å²) in [5.41, 5.74) is 2.67. The zero-order valence-corrected chi connectivity index (χ0v) is 18.0. The number of rotatable bonds is 6. The molecule has 0 radical (unpaired) electrons. The zero-order valence-electron chi connectivity index (χ0n) is 16.4. The van der Waals surface area contributed by atoms with Gasteiger partial charge in [0.15, 0.2) is 0 Å². The molecule has 30 heavy (non-hydrogen) atoms. The van der Waals surface area contributed by atoms with Gasteiger partial charge in [0.1, 0.15) is 11.4 Å². The predicted octanol–water partition coefficient (Wildman–Crippen LogP) is 5.51. The van der Waals surface area contributed by atoms with Gasteiger partial charge in [0.25, 0.3) is 11.8 Å². The fourth-order valence-corrected chi connectivity index (χ4v) is 4.19. The summed E-state index contributed by atoms with van der Waals surface area (Å²) in [5, 5.41) is 5.59. The molecule has 0 saturated carbocycles. The number of benzene rings is 2. The predicted molar refractivity (Wildman–Crippen MR) is 121 cm³/mol. The molecule has 0 unspecified atom stereocenters. The number of nitrogens with one attached hydrogen (secondary N) is 1. The SMILES string of the molecule is CCOc1ccc(N2C(=O)C(Nc3cc(Cl)ccc3C)=C(c3cccs3)C2=O)cc1. The maximum Gasteiger partial charge on any atom is 0.282 e. The average Bonchev–Trinajstić information content (AvgIpc) is 3.33. The van der Waals surface area contributed by atoms with Gasteiger partial charge >= 0.3 is 0 Å². The van der Waals surface area contributed by atoms with Crippen molar-refractivity contribution in [3.05, 3.63) is 81.1 Å². The number of thiophene rings is 1. The van der Waals surface area contributed by atoms with Crippen molar-refractivity contribution in [2.45, 2.75) is 13.8 Å². The number of amides is 2. The van der Waals surface area contributed by atoms with E-state index < -0.39 is 5.91 Å². The molecule has 3 aromatic rings. The highest BCUT2D eigenvalue weighted by Gasteiger charge is 2.40. The summed E-state index contributed by atoms with van der Waals surface area (Å²) in [6, 6.07) is 16.0. The number of ether oxygens (including phenoxy) is 1. The lowest BCUT2D eigenvalue weighted by atomic mass is 10.1. The van der Waals surface area contributed by atoms with E-state index in [4.69, 9.17) is 16.3 Å². The molecule has 0 aliphatic carbocycles. The van der Waals surface area contributed by atoms with Crippen LogP contribution in [0.4, 0.5) is 11.4 Å². The van der Waals surface area contributed by atoms with Crippen molar-refractivity contribution in [1.82, 2.24) is 0 Å². The monoisotopic (exact) mass is 438 g/mol. The first-order valence-electron chi connectivity index (χ1n) is 9.42. The molecule has 1 aliphatic rings. The molecule has 1 aliphatic heterocycles. The van der Waals surface area contributed by atoms with Gasteiger partial charge in [-0.2, -0.15) is 0 Å². The second-order valence-corrected chi connectivity index (χ2v) is 8.07. The molecule has 1 N–H and O–H groups in total. The van der Waals surface area contributed by atoms with Crippen LogP contribution in [0.2, 0.25) is 5.02 Å². The van der Waals surface area contributed by atoms with Crippen molar-refractivity contribution in [3.63, 3.8) is 0 Å². The van der Waals surface area contributed by atoms with Crippen LogP contribution >= 0.6 is 22.9 Å². The van der Waals surface area contributed by atoms with Crippen LogP contribution in [0.5, 0.6) is 5.75 Å². The first kappa shape index (κ1) is 20.2. The number of carbonyl (C=O) groups is 2. The molecule has 7 heteroatoms. The van der Waals surface area contributed by atoms with E-state index in [0.717, 1.165) is 10.4 Å².